The van der Waals surface area contributed by atoms with Gasteiger partial charge >= 0.3 is 0 Å². The first kappa shape index (κ1) is 36.1. The number of thioether (sulfide) groups is 1. The predicted octanol–water partition coefficient (Wildman–Crippen LogP) is 2.86. The van der Waals surface area contributed by atoms with Crippen molar-refractivity contribution in [2.24, 2.45) is 10.1 Å². The van der Waals surface area contributed by atoms with Gasteiger partial charge in [-0.25, -0.2) is 0 Å². The number of hydrogen-bond donors (Lipinski definition) is 3. The molecule has 3 aliphatic heterocycles. The third-order valence-electron chi connectivity index (χ3n) is 6.10. The fourth-order valence-corrected chi connectivity index (χ4v) is 4.88. The molecule has 3 heterocycles. The van der Waals surface area contributed by atoms with Crippen molar-refractivity contribution in [3.63, 3.8) is 0 Å². The number of piperazine rings is 1. The van der Waals surface area contributed by atoms with Gasteiger partial charge in [-0.2, -0.15) is 5.10 Å². The van der Waals surface area contributed by atoms with Gasteiger partial charge in [0.1, 0.15) is 12.4 Å². The molecule has 0 aliphatic carbocycles. The van der Waals surface area contributed by atoms with Gasteiger partial charge in [-0.3, -0.25) is 24.9 Å². The monoisotopic (exact) mass is 591 g/mol. The molecule has 3 aliphatic rings. The second-order valence-corrected chi connectivity index (χ2v) is 9.84. The standard InChI is InChI=1S/C25H37N7O4S.2C2H6/c1-6-19-15-32(24(34)21(19)13-20(36-5)16-35-4)25-30-29-23(37-25)22(33)28-17(2)14-27-8-7-18(3)31-11-9-26-10-12-31;2*1-2/h6-8,13-14,17-18,25-26,30H,1,9-12,15-16H2,2-5H3,(H,28,33);2*1-2H3/b8-7-,20-13+,27-14?;;. The lowest BCUT2D eigenvalue weighted by atomic mass is 10.1. The van der Waals surface area contributed by atoms with Gasteiger partial charge in [0, 0.05) is 63.9 Å². The Hall–Kier alpha value is -2.93. The van der Waals surface area contributed by atoms with E-state index in [1.54, 1.807) is 36.6 Å². The largest absolute Gasteiger partial charge is 0.499 e. The summed E-state index contributed by atoms with van der Waals surface area (Å²) in [6.45, 7) is 20.4. The third-order valence-corrected chi connectivity index (χ3v) is 7.19. The number of carbonyl (C=O) groups is 2. The van der Waals surface area contributed by atoms with Gasteiger partial charge in [0.25, 0.3) is 11.8 Å². The minimum absolute atomic E-state index is 0.204. The Labute approximate surface area is 250 Å². The molecule has 41 heavy (non-hydrogen) atoms. The van der Waals surface area contributed by atoms with Crippen LogP contribution in [0.2, 0.25) is 0 Å². The Morgan fingerprint density at radius 2 is 1.93 bits per heavy atom. The average Bonchev–Trinajstić information content (AvgIpc) is 3.62. The maximum absolute atomic E-state index is 13.1. The Kier molecular flexibility index (Phi) is 17.6. The first-order valence-corrected chi connectivity index (χ1v) is 15.1. The fourth-order valence-electron chi connectivity index (χ4n) is 3.99. The van der Waals surface area contributed by atoms with Gasteiger partial charge in [-0.05, 0) is 31.6 Å². The van der Waals surface area contributed by atoms with E-state index in [9.17, 15) is 9.59 Å². The first-order chi connectivity index (χ1) is 19.9. The summed E-state index contributed by atoms with van der Waals surface area (Å²) in [4.78, 5) is 34.2. The molecule has 3 unspecified atom stereocenters. The van der Waals surface area contributed by atoms with E-state index in [0.29, 0.717) is 23.9 Å². The number of ether oxygens (including phenoxy) is 2. The van der Waals surface area contributed by atoms with Crippen LogP contribution in [0, 0.1) is 0 Å². The molecule has 0 saturated carbocycles. The topological polar surface area (TPSA) is 120 Å². The van der Waals surface area contributed by atoms with Crippen molar-refractivity contribution in [1.29, 1.82) is 0 Å². The highest BCUT2D eigenvalue weighted by Gasteiger charge is 2.38. The van der Waals surface area contributed by atoms with E-state index in [1.807, 2.05) is 34.6 Å². The molecule has 0 radical (unpaired) electrons. The highest BCUT2D eigenvalue weighted by Crippen LogP contribution is 2.30. The zero-order chi connectivity index (χ0) is 30.8. The predicted molar refractivity (Wildman–Crippen MR) is 170 cm³/mol. The lowest BCUT2D eigenvalue weighted by Crippen LogP contribution is -2.46. The van der Waals surface area contributed by atoms with Crippen LogP contribution in [0.15, 0.2) is 58.0 Å². The molecule has 0 aromatic heterocycles. The fraction of sp³-hybridized carbons (Fsp3) is 0.586. The van der Waals surface area contributed by atoms with Gasteiger partial charge in [-0.1, -0.05) is 52.1 Å². The van der Waals surface area contributed by atoms with Gasteiger partial charge in [-0.15, -0.1) is 0 Å². The van der Waals surface area contributed by atoms with Gasteiger partial charge in [0.2, 0.25) is 0 Å². The van der Waals surface area contributed by atoms with E-state index < -0.39 is 5.50 Å². The normalized spacial score (nSPS) is 21.0. The van der Waals surface area contributed by atoms with Crippen LogP contribution in [-0.4, -0.2) is 104 Å². The van der Waals surface area contributed by atoms with Crippen LogP contribution in [0.25, 0.3) is 0 Å². The summed E-state index contributed by atoms with van der Waals surface area (Å²) in [5, 5.41) is 10.6. The maximum atomic E-state index is 13.1. The van der Waals surface area contributed by atoms with Crippen LogP contribution in [0.1, 0.15) is 41.5 Å². The number of carbonyl (C=O) groups excluding carboxylic acids is 2. The Morgan fingerprint density at radius 1 is 1.24 bits per heavy atom. The summed E-state index contributed by atoms with van der Waals surface area (Å²) < 4.78 is 10.4. The Bertz CT molecular complexity index is 1000. The Morgan fingerprint density at radius 3 is 2.54 bits per heavy atom. The minimum atomic E-state index is -0.513. The maximum Gasteiger partial charge on any atom is 0.278 e. The number of nitrogens with zero attached hydrogens (tertiary/aromatic N) is 4. The average molecular weight is 592 g/mol. The second-order valence-electron chi connectivity index (χ2n) is 8.77. The third kappa shape index (κ3) is 11.1. The quantitative estimate of drug-likeness (QED) is 0.234. The van der Waals surface area contributed by atoms with Crippen molar-refractivity contribution in [2.45, 2.75) is 59.1 Å². The molecule has 12 heteroatoms. The minimum Gasteiger partial charge on any atom is -0.499 e. The van der Waals surface area contributed by atoms with Gasteiger partial charge in [0.05, 0.1) is 13.2 Å². The van der Waals surface area contributed by atoms with E-state index in [-0.39, 0.29) is 29.5 Å². The number of hydrazone groups is 1. The summed E-state index contributed by atoms with van der Waals surface area (Å²) in [5.41, 5.74) is 3.62. The smallest absolute Gasteiger partial charge is 0.278 e. The Balaban J connectivity index is 0.00000201. The summed E-state index contributed by atoms with van der Waals surface area (Å²) in [7, 11) is 3.08. The molecule has 3 rings (SSSR count). The number of hydrogen-bond acceptors (Lipinski definition) is 10. The molecular weight excluding hydrogens is 542 g/mol. The number of amides is 2. The number of aliphatic imine (C=N–C) groups is 1. The molecule has 11 nitrogen and oxygen atoms in total. The van der Waals surface area contributed by atoms with Crippen LogP contribution in [-0.2, 0) is 19.1 Å². The highest BCUT2D eigenvalue weighted by molar-refractivity contribution is 8.16. The van der Waals surface area contributed by atoms with Crippen LogP contribution in [0.3, 0.4) is 0 Å². The zero-order valence-corrected chi connectivity index (χ0v) is 26.7. The lowest BCUT2D eigenvalue weighted by Gasteiger charge is -2.30. The summed E-state index contributed by atoms with van der Waals surface area (Å²) >= 11 is 1.18. The van der Waals surface area contributed by atoms with Crippen LogP contribution < -0.4 is 16.1 Å². The van der Waals surface area contributed by atoms with E-state index >= 15 is 0 Å². The lowest BCUT2D eigenvalue weighted by molar-refractivity contribution is -0.126. The molecular formula is C29H49N7O4S. The van der Waals surface area contributed by atoms with Crippen molar-refractivity contribution >= 4 is 34.8 Å². The van der Waals surface area contributed by atoms with Crippen LogP contribution in [0.4, 0.5) is 0 Å². The van der Waals surface area contributed by atoms with E-state index in [4.69, 9.17) is 9.47 Å². The first-order valence-electron chi connectivity index (χ1n) is 14.2. The van der Waals surface area contributed by atoms with Gasteiger partial charge < -0.3 is 25.0 Å². The van der Waals surface area contributed by atoms with Crippen molar-refractivity contribution < 1.29 is 19.1 Å². The van der Waals surface area contributed by atoms with E-state index in [0.717, 1.165) is 31.8 Å². The van der Waals surface area contributed by atoms with Crippen molar-refractivity contribution in [1.82, 2.24) is 25.9 Å². The molecule has 2 amide bonds. The van der Waals surface area contributed by atoms with Crippen LogP contribution >= 0.6 is 11.8 Å². The van der Waals surface area contributed by atoms with Crippen molar-refractivity contribution in [2.75, 3.05) is 53.6 Å². The molecule has 1 fully saturated rings. The number of rotatable bonds is 12. The van der Waals surface area contributed by atoms with Crippen LogP contribution in [0.5, 0.6) is 0 Å². The zero-order valence-electron chi connectivity index (χ0n) is 25.9. The molecule has 1 saturated heterocycles. The molecule has 0 bridgehead atoms. The van der Waals surface area contributed by atoms with E-state index in [1.165, 1.54) is 18.9 Å². The molecule has 0 aromatic carbocycles. The highest BCUT2D eigenvalue weighted by atomic mass is 32.2. The summed E-state index contributed by atoms with van der Waals surface area (Å²) in [6, 6.07) is 0.0132. The molecule has 0 spiro atoms. The van der Waals surface area contributed by atoms with Gasteiger partial charge in [0.15, 0.2) is 10.5 Å². The second kappa shape index (κ2) is 20.0. The molecule has 3 N–H and O–H groups in total. The molecule has 0 aromatic rings. The van der Waals surface area contributed by atoms with E-state index in [2.05, 4.69) is 50.6 Å². The SMILES string of the molecule is C=CC1=C(/C=C(\COC)OC)C(=O)N(C2NN=C(C(=O)NC(C)C=N/C=C\C(C)N3CCNCC3)S2)C1.CC.CC. The number of nitrogens with one attached hydrogen (secondary N) is 3. The summed E-state index contributed by atoms with van der Waals surface area (Å²) in [5.74, 6) is -0.00792. The molecule has 230 valence electrons. The summed E-state index contributed by atoms with van der Waals surface area (Å²) in [6.07, 6.45) is 8.81. The van der Waals surface area contributed by atoms with Crippen molar-refractivity contribution in [3.05, 3.63) is 47.9 Å². The molecule has 3 atom stereocenters. The number of methoxy groups -OCH3 is 2. The van der Waals surface area contributed by atoms with Crippen molar-refractivity contribution in [3.8, 4) is 0 Å².